The third-order valence-corrected chi connectivity index (χ3v) is 6.25. The summed E-state index contributed by atoms with van der Waals surface area (Å²) in [6.45, 7) is 3.46. The zero-order valence-electron chi connectivity index (χ0n) is 19.8. The zero-order chi connectivity index (χ0) is 26.4. The topological polar surface area (TPSA) is 74.8 Å². The van der Waals surface area contributed by atoms with Crippen LogP contribution in [0.25, 0.3) is 0 Å². The largest absolute Gasteiger partial charge is 0.456 e. The van der Waals surface area contributed by atoms with Gasteiger partial charge in [0.05, 0.1) is 28.3 Å². The van der Waals surface area contributed by atoms with Gasteiger partial charge in [-0.3, -0.25) is 19.5 Å². The fourth-order valence-corrected chi connectivity index (χ4v) is 3.92. The number of anilines is 5. The van der Waals surface area contributed by atoms with Crippen molar-refractivity contribution in [2.24, 2.45) is 0 Å². The Morgan fingerprint density at radius 2 is 1.76 bits per heavy atom. The first-order chi connectivity index (χ1) is 17.9. The number of pyridine rings is 1. The minimum Gasteiger partial charge on any atom is -0.456 e. The van der Waals surface area contributed by atoms with Gasteiger partial charge in [0, 0.05) is 24.6 Å². The molecule has 0 atom stereocenters. The molecule has 1 aromatic heterocycles. The van der Waals surface area contributed by atoms with Crippen LogP contribution in [-0.4, -0.2) is 24.3 Å². The minimum absolute atomic E-state index is 0.340. The van der Waals surface area contributed by atoms with E-state index in [2.05, 4.69) is 16.9 Å². The van der Waals surface area contributed by atoms with E-state index in [9.17, 15) is 9.59 Å². The van der Waals surface area contributed by atoms with Crippen molar-refractivity contribution in [2.45, 2.75) is 0 Å². The van der Waals surface area contributed by atoms with Crippen LogP contribution in [0.2, 0.25) is 10.0 Å². The summed E-state index contributed by atoms with van der Waals surface area (Å²) in [5.74, 6) is 0.697. The van der Waals surface area contributed by atoms with E-state index in [4.69, 9.17) is 27.9 Å². The Balaban J connectivity index is 1.60. The number of ether oxygens (including phenoxy) is 1. The number of carbonyl (C=O) groups is 2. The molecule has 0 aliphatic heterocycles. The summed E-state index contributed by atoms with van der Waals surface area (Å²) < 4.78 is 5.88. The van der Waals surface area contributed by atoms with Crippen molar-refractivity contribution in [1.82, 2.24) is 4.98 Å². The maximum atomic E-state index is 12.2. The molecule has 0 aliphatic rings. The zero-order valence-corrected chi connectivity index (χ0v) is 21.3. The van der Waals surface area contributed by atoms with Crippen molar-refractivity contribution in [2.75, 3.05) is 22.2 Å². The molecule has 0 spiro atoms. The Morgan fingerprint density at radius 3 is 2.49 bits per heavy atom. The van der Waals surface area contributed by atoms with Crippen LogP contribution in [0.15, 0.2) is 97.8 Å². The van der Waals surface area contributed by atoms with Crippen LogP contribution in [0.5, 0.6) is 11.5 Å². The maximum Gasteiger partial charge on any atom is 0.247 e. The van der Waals surface area contributed by atoms with Crippen molar-refractivity contribution in [3.63, 3.8) is 0 Å². The predicted octanol–water partition coefficient (Wildman–Crippen LogP) is 7.37. The highest BCUT2D eigenvalue weighted by molar-refractivity contribution is 6.42. The van der Waals surface area contributed by atoms with Crippen molar-refractivity contribution < 1.29 is 14.3 Å². The van der Waals surface area contributed by atoms with Crippen LogP contribution in [0.4, 0.5) is 28.4 Å². The van der Waals surface area contributed by atoms with Gasteiger partial charge in [-0.2, -0.15) is 0 Å². The fourth-order valence-electron chi connectivity index (χ4n) is 3.59. The average molecular weight is 533 g/mol. The second-order valence-electron chi connectivity index (χ2n) is 7.79. The van der Waals surface area contributed by atoms with E-state index in [1.807, 2.05) is 36.2 Å². The Morgan fingerprint density at radius 1 is 1.00 bits per heavy atom. The summed E-state index contributed by atoms with van der Waals surface area (Å²) in [6.07, 6.45) is 5.18. The number of carbonyl (C=O) groups excluding carboxylic acids is 2. The number of hydrogen-bond donors (Lipinski definition) is 1. The van der Waals surface area contributed by atoms with Crippen LogP contribution >= 0.6 is 23.2 Å². The first-order valence-corrected chi connectivity index (χ1v) is 11.8. The van der Waals surface area contributed by atoms with Gasteiger partial charge in [-0.15, -0.1) is 0 Å². The minimum atomic E-state index is -0.343. The highest BCUT2D eigenvalue weighted by Gasteiger charge is 2.17. The van der Waals surface area contributed by atoms with E-state index in [1.165, 1.54) is 11.0 Å². The lowest BCUT2D eigenvalue weighted by Crippen LogP contribution is -2.19. The third kappa shape index (κ3) is 5.91. The lowest BCUT2D eigenvalue weighted by Gasteiger charge is -2.27. The number of halogens is 2. The number of hydrogen-bond acceptors (Lipinski definition) is 5. The lowest BCUT2D eigenvalue weighted by atomic mass is 10.2. The van der Waals surface area contributed by atoms with Gasteiger partial charge in [-0.1, -0.05) is 41.9 Å². The quantitative estimate of drug-likeness (QED) is 0.180. The molecule has 0 unspecified atom stereocenters. The number of nitrogens with zero attached hydrogens (tertiary/aromatic N) is 3. The Kier molecular flexibility index (Phi) is 8.08. The molecule has 1 heterocycles. The van der Waals surface area contributed by atoms with E-state index >= 15 is 0 Å². The number of benzene rings is 3. The predicted molar refractivity (Wildman–Crippen MR) is 149 cm³/mol. The Bertz CT molecular complexity index is 1440. The molecule has 0 saturated carbocycles. The highest BCUT2D eigenvalue weighted by Crippen LogP contribution is 2.38. The van der Waals surface area contributed by atoms with Gasteiger partial charge < -0.3 is 15.0 Å². The molecule has 3 aromatic carbocycles. The summed E-state index contributed by atoms with van der Waals surface area (Å²) in [4.78, 5) is 31.6. The van der Waals surface area contributed by atoms with Gasteiger partial charge in [0.25, 0.3) is 0 Å². The van der Waals surface area contributed by atoms with Crippen LogP contribution in [0, 0.1) is 0 Å². The number of aromatic nitrogens is 1. The molecule has 0 bridgehead atoms. The molecule has 1 N–H and O–H groups in total. The van der Waals surface area contributed by atoms with Crippen LogP contribution in [0.3, 0.4) is 0 Å². The van der Waals surface area contributed by atoms with Crippen LogP contribution in [-0.2, 0) is 9.59 Å². The van der Waals surface area contributed by atoms with Gasteiger partial charge in [0.15, 0.2) is 0 Å². The maximum absolute atomic E-state index is 12.2. The van der Waals surface area contributed by atoms with E-state index in [-0.39, 0.29) is 5.91 Å². The van der Waals surface area contributed by atoms with Crippen molar-refractivity contribution in [3.8, 4) is 11.5 Å². The fraction of sp³-hybridized carbons (Fsp3) is 0.0357. The molecular formula is C28H22Cl2N4O3. The monoisotopic (exact) mass is 532 g/mol. The Hall–Kier alpha value is -4.33. The average Bonchev–Trinajstić information content (AvgIpc) is 2.92. The molecule has 186 valence electrons. The summed E-state index contributed by atoms with van der Waals surface area (Å²) in [5, 5.41) is 3.46. The summed E-state index contributed by atoms with van der Waals surface area (Å²) in [5.41, 5.74) is 3.22. The number of rotatable bonds is 9. The van der Waals surface area contributed by atoms with Crippen LogP contribution in [0.1, 0.15) is 0 Å². The molecule has 0 fully saturated rings. The Labute approximate surface area is 224 Å². The highest BCUT2D eigenvalue weighted by atomic mass is 35.5. The number of amides is 2. The SMILES string of the molecule is C=CC(=O)Nc1cccc(N(C=O)c2ccncc2N(C)c2ccc(Oc3cccc(Cl)c3Cl)cc2)c1. The number of nitrogens with one attached hydrogen (secondary N) is 1. The van der Waals surface area contributed by atoms with E-state index in [1.54, 1.807) is 60.9 Å². The second kappa shape index (κ2) is 11.6. The molecule has 0 radical (unpaired) electrons. The molecule has 2 amide bonds. The summed E-state index contributed by atoms with van der Waals surface area (Å²) >= 11 is 12.3. The van der Waals surface area contributed by atoms with Crippen LogP contribution < -0.4 is 19.9 Å². The van der Waals surface area contributed by atoms with Gasteiger partial charge in [0.1, 0.15) is 16.5 Å². The molecule has 0 aliphatic carbocycles. The summed E-state index contributed by atoms with van der Waals surface area (Å²) in [7, 11) is 1.87. The van der Waals surface area contributed by atoms with Crippen molar-refractivity contribution in [3.05, 3.63) is 108 Å². The molecule has 9 heteroatoms. The molecule has 37 heavy (non-hydrogen) atoms. The van der Waals surface area contributed by atoms with Crippen molar-refractivity contribution in [1.29, 1.82) is 0 Å². The van der Waals surface area contributed by atoms with E-state index in [0.717, 1.165) is 5.69 Å². The van der Waals surface area contributed by atoms with Crippen molar-refractivity contribution >= 4 is 64.0 Å². The molecule has 4 rings (SSSR count). The molecular weight excluding hydrogens is 511 g/mol. The van der Waals surface area contributed by atoms with E-state index < -0.39 is 0 Å². The standard InChI is InChI=1S/C28H22Cl2N4O3/c1-3-27(36)32-19-6-4-7-21(16-19)34(18-35)24-14-15-31-17-25(24)33(2)20-10-12-22(13-11-20)37-26-9-5-8-23(29)28(26)30/h3-18H,1H2,2H3,(H,32,36). The van der Waals surface area contributed by atoms with Gasteiger partial charge >= 0.3 is 0 Å². The van der Waals surface area contributed by atoms with Gasteiger partial charge in [-0.05, 0) is 66.7 Å². The van der Waals surface area contributed by atoms with Gasteiger partial charge in [-0.25, -0.2) is 0 Å². The second-order valence-corrected chi connectivity index (χ2v) is 8.58. The normalized spacial score (nSPS) is 10.4. The lowest BCUT2D eigenvalue weighted by molar-refractivity contribution is -0.112. The molecule has 7 nitrogen and oxygen atoms in total. The van der Waals surface area contributed by atoms with Gasteiger partial charge in [0.2, 0.25) is 12.3 Å². The third-order valence-electron chi connectivity index (χ3n) is 5.45. The smallest absolute Gasteiger partial charge is 0.247 e. The molecule has 0 saturated heterocycles. The van der Waals surface area contributed by atoms with E-state index in [0.29, 0.717) is 50.7 Å². The first kappa shape index (κ1) is 25.8. The first-order valence-electron chi connectivity index (χ1n) is 11.1. The summed E-state index contributed by atoms with van der Waals surface area (Å²) in [6, 6.07) is 21.3. The molecule has 4 aromatic rings.